The van der Waals surface area contributed by atoms with E-state index < -0.39 is 0 Å². The molecule has 0 amide bonds. The van der Waals surface area contributed by atoms with Gasteiger partial charge in [0.2, 0.25) is 0 Å². The van der Waals surface area contributed by atoms with Crippen LogP contribution in [0.2, 0.25) is 0 Å². The second kappa shape index (κ2) is 5.58. The minimum atomic E-state index is 0.983. The zero-order valence-corrected chi connectivity index (χ0v) is 12.3. The molecule has 1 aliphatic rings. The van der Waals surface area contributed by atoms with Gasteiger partial charge in [-0.1, -0.05) is 24.3 Å². The lowest BCUT2D eigenvalue weighted by molar-refractivity contribution is 0.839. The molecule has 2 heteroatoms. The molecule has 0 saturated heterocycles. The maximum Gasteiger partial charge on any atom is 0.0400 e. The Bertz CT molecular complexity index is 584. The molecule has 104 valence electrons. The summed E-state index contributed by atoms with van der Waals surface area (Å²) in [5.41, 5.74) is 6.77. The van der Waals surface area contributed by atoms with Crippen LogP contribution in [0.25, 0.3) is 0 Å². The summed E-state index contributed by atoms with van der Waals surface area (Å²) in [5, 5.41) is 3.54. The molecule has 0 unspecified atom stereocenters. The number of para-hydroxylation sites is 1. The summed E-state index contributed by atoms with van der Waals surface area (Å²) in [4.78, 5) is 2.48. The van der Waals surface area contributed by atoms with Crippen molar-refractivity contribution < 1.29 is 0 Å². The highest BCUT2D eigenvalue weighted by atomic mass is 15.2. The molecular weight excluding hydrogens is 244 g/mol. The van der Waals surface area contributed by atoms with Crippen LogP contribution in [0.5, 0.6) is 0 Å². The predicted molar refractivity (Wildman–Crippen MR) is 86.8 cm³/mol. The van der Waals surface area contributed by atoms with Crippen LogP contribution in [0.1, 0.15) is 16.7 Å². The van der Waals surface area contributed by atoms with E-state index in [-0.39, 0.29) is 0 Å². The lowest BCUT2D eigenvalue weighted by Crippen LogP contribution is -2.27. The fourth-order valence-electron chi connectivity index (χ4n) is 3.05. The fourth-order valence-corrected chi connectivity index (χ4v) is 3.05. The first-order valence-corrected chi connectivity index (χ1v) is 7.37. The number of nitrogens with zero attached hydrogens (tertiary/aromatic N) is 1. The molecule has 1 heterocycles. The normalized spacial score (nSPS) is 13.4. The number of anilines is 2. The predicted octanol–water partition coefficient (Wildman–Crippen LogP) is 3.78. The highest BCUT2D eigenvalue weighted by molar-refractivity contribution is 5.58. The molecule has 2 aromatic carbocycles. The maximum atomic E-state index is 3.54. The third-order valence-electron chi connectivity index (χ3n) is 3.92. The summed E-state index contributed by atoms with van der Waals surface area (Å²) in [6.45, 7) is 7.49. The lowest BCUT2D eigenvalue weighted by atomic mass is 10.1. The third-order valence-corrected chi connectivity index (χ3v) is 3.92. The first-order chi connectivity index (χ1) is 9.72. The number of benzene rings is 2. The van der Waals surface area contributed by atoms with E-state index in [2.05, 4.69) is 66.5 Å². The second-order valence-electron chi connectivity index (χ2n) is 5.67. The molecule has 2 nitrogen and oxygen atoms in total. The van der Waals surface area contributed by atoms with Gasteiger partial charge < -0.3 is 10.2 Å². The summed E-state index contributed by atoms with van der Waals surface area (Å²) in [7, 11) is 0. The second-order valence-corrected chi connectivity index (χ2v) is 5.67. The quantitative estimate of drug-likeness (QED) is 0.906. The van der Waals surface area contributed by atoms with Crippen molar-refractivity contribution in [3.8, 4) is 0 Å². The van der Waals surface area contributed by atoms with Gasteiger partial charge in [0.15, 0.2) is 0 Å². The zero-order valence-electron chi connectivity index (χ0n) is 12.3. The van der Waals surface area contributed by atoms with Crippen molar-refractivity contribution in [3.63, 3.8) is 0 Å². The van der Waals surface area contributed by atoms with Crippen molar-refractivity contribution in [3.05, 3.63) is 59.2 Å². The Labute approximate surface area is 121 Å². The molecule has 0 fully saturated rings. The van der Waals surface area contributed by atoms with E-state index in [9.17, 15) is 0 Å². The summed E-state index contributed by atoms with van der Waals surface area (Å²) in [5.74, 6) is 0. The van der Waals surface area contributed by atoms with E-state index in [1.165, 1.54) is 34.5 Å². The third kappa shape index (κ3) is 2.79. The monoisotopic (exact) mass is 266 g/mol. The Morgan fingerprint density at radius 2 is 1.80 bits per heavy atom. The molecule has 0 spiro atoms. The Morgan fingerprint density at radius 3 is 2.60 bits per heavy atom. The molecular formula is C18H22N2. The first-order valence-electron chi connectivity index (χ1n) is 7.37. The lowest BCUT2D eigenvalue weighted by Gasteiger charge is -2.20. The molecule has 0 bridgehead atoms. The van der Waals surface area contributed by atoms with Crippen LogP contribution < -0.4 is 10.2 Å². The topological polar surface area (TPSA) is 15.3 Å². The van der Waals surface area contributed by atoms with Crippen LogP contribution in [-0.2, 0) is 6.42 Å². The fraction of sp³-hybridized carbons (Fsp3) is 0.333. The number of fused-ring (bicyclic) bond motifs is 1. The van der Waals surface area contributed by atoms with Crippen LogP contribution in [-0.4, -0.2) is 19.6 Å². The maximum absolute atomic E-state index is 3.54. The number of hydrogen-bond acceptors (Lipinski definition) is 2. The molecule has 1 N–H and O–H groups in total. The summed E-state index contributed by atoms with van der Waals surface area (Å²) in [6.07, 6.45) is 1.18. The molecule has 0 radical (unpaired) electrons. The summed E-state index contributed by atoms with van der Waals surface area (Å²) < 4.78 is 0. The number of aryl methyl sites for hydroxylation is 2. The Kier molecular flexibility index (Phi) is 3.64. The van der Waals surface area contributed by atoms with Gasteiger partial charge in [-0.2, -0.15) is 0 Å². The van der Waals surface area contributed by atoms with E-state index in [1.54, 1.807) is 0 Å². The van der Waals surface area contributed by atoms with Crippen molar-refractivity contribution in [1.82, 2.24) is 0 Å². The van der Waals surface area contributed by atoms with Gasteiger partial charge in [0, 0.05) is 31.0 Å². The molecule has 0 aliphatic carbocycles. The van der Waals surface area contributed by atoms with Gasteiger partial charge in [-0.15, -0.1) is 0 Å². The van der Waals surface area contributed by atoms with Crippen molar-refractivity contribution in [2.45, 2.75) is 20.3 Å². The van der Waals surface area contributed by atoms with E-state index in [4.69, 9.17) is 0 Å². The molecule has 0 saturated carbocycles. The van der Waals surface area contributed by atoms with Crippen LogP contribution in [0.15, 0.2) is 42.5 Å². The average Bonchev–Trinajstić information content (AvgIpc) is 2.81. The van der Waals surface area contributed by atoms with Crippen LogP contribution in [0, 0.1) is 13.8 Å². The van der Waals surface area contributed by atoms with Gasteiger partial charge in [0.05, 0.1) is 0 Å². The number of hydrogen-bond donors (Lipinski definition) is 1. The van der Waals surface area contributed by atoms with Crippen LogP contribution in [0.4, 0.5) is 11.4 Å². The smallest absolute Gasteiger partial charge is 0.0400 e. The van der Waals surface area contributed by atoms with Gasteiger partial charge in [-0.25, -0.2) is 0 Å². The molecule has 2 aromatic rings. The van der Waals surface area contributed by atoms with E-state index in [1.807, 2.05) is 0 Å². The number of rotatable bonds is 4. The minimum absolute atomic E-state index is 0.983. The summed E-state index contributed by atoms with van der Waals surface area (Å²) in [6, 6.07) is 15.4. The Balaban J connectivity index is 1.59. The SMILES string of the molecule is Cc1cc(C)cc(NCCN2CCc3ccccc32)c1. The molecule has 20 heavy (non-hydrogen) atoms. The largest absolute Gasteiger partial charge is 0.383 e. The van der Waals surface area contributed by atoms with Crippen molar-refractivity contribution in [1.29, 1.82) is 0 Å². The van der Waals surface area contributed by atoms with Gasteiger partial charge in [0.25, 0.3) is 0 Å². The Hall–Kier alpha value is -1.96. The average molecular weight is 266 g/mol. The van der Waals surface area contributed by atoms with Crippen molar-refractivity contribution in [2.75, 3.05) is 29.9 Å². The van der Waals surface area contributed by atoms with Crippen molar-refractivity contribution >= 4 is 11.4 Å². The minimum Gasteiger partial charge on any atom is -0.383 e. The standard InChI is InChI=1S/C18H22N2/c1-14-11-15(2)13-17(12-14)19-8-10-20-9-7-16-5-3-4-6-18(16)20/h3-6,11-13,19H,7-10H2,1-2H3. The van der Waals surface area contributed by atoms with Gasteiger partial charge in [-0.05, 0) is 55.2 Å². The molecule has 3 rings (SSSR count). The van der Waals surface area contributed by atoms with E-state index in [0.29, 0.717) is 0 Å². The van der Waals surface area contributed by atoms with E-state index in [0.717, 1.165) is 19.6 Å². The highest BCUT2D eigenvalue weighted by Gasteiger charge is 2.17. The van der Waals surface area contributed by atoms with Crippen LogP contribution >= 0.6 is 0 Å². The van der Waals surface area contributed by atoms with Gasteiger partial charge in [-0.3, -0.25) is 0 Å². The van der Waals surface area contributed by atoms with Crippen LogP contribution in [0.3, 0.4) is 0 Å². The van der Waals surface area contributed by atoms with Crippen molar-refractivity contribution in [2.24, 2.45) is 0 Å². The Morgan fingerprint density at radius 1 is 1.05 bits per heavy atom. The first kappa shape index (κ1) is 13.0. The van der Waals surface area contributed by atoms with E-state index >= 15 is 0 Å². The highest BCUT2D eigenvalue weighted by Crippen LogP contribution is 2.26. The molecule has 0 aromatic heterocycles. The molecule has 0 atom stereocenters. The zero-order chi connectivity index (χ0) is 13.9. The summed E-state index contributed by atoms with van der Waals surface area (Å²) >= 11 is 0. The molecule has 1 aliphatic heterocycles. The number of nitrogens with one attached hydrogen (secondary N) is 1. The van der Waals surface area contributed by atoms with Gasteiger partial charge in [0.1, 0.15) is 0 Å². The van der Waals surface area contributed by atoms with Gasteiger partial charge >= 0.3 is 0 Å².